The minimum absolute atomic E-state index is 0.0939. The summed E-state index contributed by atoms with van der Waals surface area (Å²) in [6, 6.07) is 18.6. The monoisotopic (exact) mass is 488 g/mol. The third kappa shape index (κ3) is 5.68. The lowest BCUT2D eigenvalue weighted by Crippen LogP contribution is -2.29. The molecular weight excluding hydrogens is 468 g/mol. The van der Waals surface area contributed by atoms with Crippen LogP contribution >= 0.6 is 11.6 Å². The van der Waals surface area contributed by atoms with Crippen LogP contribution in [0.15, 0.2) is 66.7 Å². The number of sulfonamides is 1. The maximum atomic E-state index is 12.4. The Labute approximate surface area is 196 Å². The summed E-state index contributed by atoms with van der Waals surface area (Å²) in [4.78, 5) is 12.2. The van der Waals surface area contributed by atoms with Gasteiger partial charge in [0.15, 0.2) is 18.1 Å². The molecule has 8 nitrogen and oxygen atoms in total. The zero-order valence-electron chi connectivity index (χ0n) is 17.7. The number of rotatable bonds is 8. The van der Waals surface area contributed by atoms with Crippen molar-refractivity contribution in [1.29, 1.82) is 0 Å². The van der Waals surface area contributed by atoms with Gasteiger partial charge in [-0.25, -0.2) is 8.42 Å². The molecule has 1 aliphatic rings. The van der Waals surface area contributed by atoms with Gasteiger partial charge in [0.2, 0.25) is 16.8 Å². The molecule has 0 bridgehead atoms. The topological polar surface area (TPSA) is 94.2 Å². The zero-order valence-corrected chi connectivity index (χ0v) is 19.2. The number of hydrogen-bond acceptors (Lipinski definition) is 6. The maximum absolute atomic E-state index is 12.4. The van der Waals surface area contributed by atoms with E-state index < -0.39 is 10.0 Å². The molecule has 1 aliphatic heterocycles. The van der Waals surface area contributed by atoms with Crippen LogP contribution in [0.4, 0.5) is 11.4 Å². The molecule has 3 aromatic carbocycles. The Bertz CT molecular complexity index is 1260. The van der Waals surface area contributed by atoms with E-state index in [0.29, 0.717) is 39.2 Å². The molecule has 0 atom stereocenters. The lowest BCUT2D eigenvalue weighted by atomic mass is 10.2. The molecule has 0 saturated heterocycles. The van der Waals surface area contributed by atoms with Crippen LogP contribution in [0.5, 0.6) is 17.2 Å². The van der Waals surface area contributed by atoms with Gasteiger partial charge in [-0.2, -0.15) is 0 Å². The van der Waals surface area contributed by atoms with Crippen molar-refractivity contribution in [1.82, 2.24) is 0 Å². The van der Waals surface area contributed by atoms with Crippen LogP contribution in [0.2, 0.25) is 5.02 Å². The van der Waals surface area contributed by atoms with E-state index in [1.165, 1.54) is 4.31 Å². The molecular formula is C23H21ClN2O6S. The Hall–Kier alpha value is -3.43. The number of fused-ring (bicyclic) bond motifs is 1. The van der Waals surface area contributed by atoms with Gasteiger partial charge >= 0.3 is 0 Å². The van der Waals surface area contributed by atoms with Crippen molar-refractivity contribution in [3.05, 3.63) is 77.3 Å². The Morgan fingerprint density at radius 1 is 1.06 bits per heavy atom. The number of benzene rings is 3. The second kappa shape index (κ2) is 9.60. The van der Waals surface area contributed by atoms with Crippen molar-refractivity contribution in [2.24, 2.45) is 0 Å². The summed E-state index contributed by atoms with van der Waals surface area (Å²) in [6.07, 6.45) is 1.13. The van der Waals surface area contributed by atoms with Crippen LogP contribution in [0.3, 0.4) is 0 Å². The predicted octanol–water partition coefficient (Wildman–Crippen LogP) is 4.05. The number of hydrogen-bond donors (Lipinski definition) is 1. The van der Waals surface area contributed by atoms with Gasteiger partial charge in [0.25, 0.3) is 5.91 Å². The van der Waals surface area contributed by atoms with Crippen LogP contribution in [-0.2, 0) is 21.4 Å². The number of carbonyl (C=O) groups excluding carboxylic acids is 1. The lowest BCUT2D eigenvalue weighted by Gasteiger charge is -2.23. The number of ether oxygens (including phenoxy) is 3. The van der Waals surface area contributed by atoms with E-state index >= 15 is 0 Å². The average Bonchev–Trinajstić information content (AvgIpc) is 3.25. The molecule has 1 N–H and O–H groups in total. The Morgan fingerprint density at radius 2 is 1.79 bits per heavy atom. The third-order valence-corrected chi connectivity index (χ3v) is 6.33. The molecule has 0 saturated carbocycles. The highest BCUT2D eigenvalue weighted by Gasteiger charge is 2.19. The molecule has 0 fully saturated rings. The molecule has 0 spiro atoms. The fourth-order valence-electron chi connectivity index (χ4n) is 3.21. The molecule has 0 unspecified atom stereocenters. The van der Waals surface area contributed by atoms with Crippen LogP contribution in [0.1, 0.15) is 5.56 Å². The first kappa shape index (κ1) is 22.8. The lowest BCUT2D eigenvalue weighted by molar-refractivity contribution is -0.118. The first-order chi connectivity index (χ1) is 15.8. The second-order valence-corrected chi connectivity index (χ2v) is 9.57. The minimum Gasteiger partial charge on any atom is -0.484 e. The van der Waals surface area contributed by atoms with Gasteiger partial charge in [-0.1, -0.05) is 29.8 Å². The molecule has 0 aliphatic carbocycles. The number of anilines is 2. The fraction of sp³-hybridized carbons (Fsp3) is 0.174. The number of carbonyl (C=O) groups is 1. The van der Waals surface area contributed by atoms with Crippen molar-refractivity contribution in [3.63, 3.8) is 0 Å². The number of amides is 1. The molecule has 1 heterocycles. The van der Waals surface area contributed by atoms with Crippen LogP contribution in [0.25, 0.3) is 0 Å². The highest BCUT2D eigenvalue weighted by atomic mass is 35.5. The van der Waals surface area contributed by atoms with E-state index in [9.17, 15) is 13.2 Å². The van der Waals surface area contributed by atoms with Gasteiger partial charge in [-0.15, -0.1) is 0 Å². The van der Waals surface area contributed by atoms with E-state index in [2.05, 4.69) is 5.32 Å². The third-order valence-electron chi connectivity index (χ3n) is 4.82. The van der Waals surface area contributed by atoms with Gasteiger partial charge < -0.3 is 19.5 Å². The Balaban J connectivity index is 1.38. The average molecular weight is 489 g/mol. The highest BCUT2D eigenvalue weighted by Crippen LogP contribution is 2.34. The predicted molar refractivity (Wildman–Crippen MR) is 126 cm³/mol. The molecule has 3 aromatic rings. The SMILES string of the molecule is CS(=O)(=O)N(Cc1ccccc1Cl)c1ccc(OCC(=O)Nc2ccc3c(c2)OCO3)cc1. The first-order valence-electron chi connectivity index (χ1n) is 9.93. The van der Waals surface area contributed by atoms with Crippen molar-refractivity contribution < 1.29 is 27.4 Å². The molecule has 4 rings (SSSR count). The van der Waals surface area contributed by atoms with Crippen LogP contribution in [0, 0.1) is 0 Å². The van der Waals surface area contributed by atoms with E-state index in [0.717, 1.165) is 6.26 Å². The van der Waals surface area contributed by atoms with Gasteiger partial charge in [-0.3, -0.25) is 9.10 Å². The summed E-state index contributed by atoms with van der Waals surface area (Å²) in [6.45, 7) is 0.0286. The van der Waals surface area contributed by atoms with Crippen molar-refractivity contribution in [2.45, 2.75) is 6.54 Å². The number of halogens is 1. The van der Waals surface area contributed by atoms with Crippen molar-refractivity contribution in [3.8, 4) is 17.2 Å². The summed E-state index contributed by atoms with van der Waals surface area (Å²) in [7, 11) is -3.56. The van der Waals surface area contributed by atoms with Crippen molar-refractivity contribution in [2.75, 3.05) is 29.3 Å². The van der Waals surface area contributed by atoms with E-state index in [1.807, 2.05) is 0 Å². The van der Waals surface area contributed by atoms with Gasteiger partial charge in [-0.05, 0) is 48.0 Å². The molecule has 10 heteroatoms. The Morgan fingerprint density at radius 3 is 2.52 bits per heavy atom. The molecule has 0 aromatic heterocycles. The van der Waals surface area contributed by atoms with Crippen LogP contribution in [-0.4, -0.2) is 34.0 Å². The minimum atomic E-state index is -3.56. The smallest absolute Gasteiger partial charge is 0.262 e. The molecule has 33 heavy (non-hydrogen) atoms. The summed E-state index contributed by atoms with van der Waals surface area (Å²) in [5.41, 5.74) is 1.70. The zero-order chi connectivity index (χ0) is 23.4. The molecule has 1 amide bonds. The maximum Gasteiger partial charge on any atom is 0.262 e. The van der Waals surface area contributed by atoms with Crippen LogP contribution < -0.4 is 23.8 Å². The summed E-state index contributed by atoms with van der Waals surface area (Å²) in [5.74, 6) is 1.26. The summed E-state index contributed by atoms with van der Waals surface area (Å²) >= 11 is 6.20. The normalized spacial score (nSPS) is 12.3. The first-order valence-corrected chi connectivity index (χ1v) is 12.2. The number of nitrogens with one attached hydrogen (secondary N) is 1. The van der Waals surface area contributed by atoms with Gasteiger partial charge in [0, 0.05) is 16.8 Å². The Kier molecular flexibility index (Phi) is 6.62. The fourth-order valence-corrected chi connectivity index (χ4v) is 4.28. The van der Waals surface area contributed by atoms with Crippen molar-refractivity contribution >= 4 is 38.9 Å². The largest absolute Gasteiger partial charge is 0.484 e. The van der Waals surface area contributed by atoms with E-state index in [4.69, 9.17) is 25.8 Å². The summed E-state index contributed by atoms with van der Waals surface area (Å²) in [5, 5.41) is 3.21. The standard InChI is InChI=1S/C23H21ClN2O6S/c1-33(28,29)26(13-16-4-2-3-5-20(16)24)18-7-9-19(10-8-18)30-14-23(27)25-17-6-11-21-22(12-17)32-15-31-21/h2-12H,13-15H2,1H3,(H,25,27). The van der Waals surface area contributed by atoms with Gasteiger partial charge in [0.05, 0.1) is 18.5 Å². The summed E-state index contributed by atoms with van der Waals surface area (Å²) < 4.78 is 42.1. The van der Waals surface area contributed by atoms with E-state index in [-0.39, 0.29) is 25.9 Å². The highest BCUT2D eigenvalue weighted by molar-refractivity contribution is 7.92. The van der Waals surface area contributed by atoms with E-state index in [1.54, 1.807) is 66.7 Å². The molecule has 0 radical (unpaired) electrons. The quantitative estimate of drug-likeness (QED) is 0.514. The molecule has 172 valence electrons. The van der Waals surface area contributed by atoms with Gasteiger partial charge in [0.1, 0.15) is 5.75 Å². The number of nitrogens with zero attached hydrogens (tertiary/aromatic N) is 1. The second-order valence-electron chi connectivity index (χ2n) is 7.26.